The minimum atomic E-state index is 0. The fourth-order valence-electron chi connectivity index (χ4n) is 2.95. The Morgan fingerprint density at radius 1 is 1.00 bits per heavy atom. The summed E-state index contributed by atoms with van der Waals surface area (Å²) >= 11 is 0. The number of hydrogen-bond donors (Lipinski definition) is 2. The van der Waals surface area contributed by atoms with Crippen LogP contribution >= 0.6 is 24.0 Å². The molecule has 4 nitrogen and oxygen atoms in total. The molecule has 0 aliphatic carbocycles. The molecule has 134 valence electrons. The molecule has 1 fully saturated rings. The highest BCUT2D eigenvalue weighted by atomic mass is 127. The maximum absolute atomic E-state index is 5.96. The molecule has 1 aliphatic rings. The molecule has 3 rings (SSSR count). The van der Waals surface area contributed by atoms with E-state index >= 15 is 0 Å². The molecule has 2 aromatic rings. The van der Waals surface area contributed by atoms with Crippen LogP contribution in [0.2, 0.25) is 0 Å². The van der Waals surface area contributed by atoms with Gasteiger partial charge in [-0.05, 0) is 56.1 Å². The Balaban J connectivity index is 0.00000225. The van der Waals surface area contributed by atoms with Crippen LogP contribution < -0.4 is 11.1 Å². The van der Waals surface area contributed by atoms with E-state index < -0.39 is 0 Å². The predicted octanol–water partition coefficient (Wildman–Crippen LogP) is 4.14. The summed E-state index contributed by atoms with van der Waals surface area (Å²) in [5.74, 6) is 0.444. The van der Waals surface area contributed by atoms with Gasteiger partial charge in [-0.3, -0.25) is 4.90 Å². The van der Waals surface area contributed by atoms with Crippen LogP contribution in [0, 0.1) is 6.92 Å². The molecular weight excluding hydrogens is 423 g/mol. The normalized spacial score (nSPS) is 15.0. The zero-order valence-corrected chi connectivity index (χ0v) is 17.1. The SMILES string of the molecule is Cc1ccc(NC(N)=NCc2ccc(CN3CCCC3)cc2)cc1.I. The predicted molar refractivity (Wildman–Crippen MR) is 116 cm³/mol. The fourth-order valence-corrected chi connectivity index (χ4v) is 2.95. The standard InChI is InChI=1S/C20H26N4.HI/c1-16-4-10-19(11-5-16)23-20(21)22-14-17-6-8-18(9-7-17)15-24-12-2-3-13-24;/h4-11H,2-3,12-15H2,1H3,(H3,21,22,23);1H. The lowest BCUT2D eigenvalue weighted by Gasteiger charge is -2.14. The molecule has 0 unspecified atom stereocenters. The Morgan fingerprint density at radius 3 is 2.24 bits per heavy atom. The second-order valence-corrected chi connectivity index (χ2v) is 6.49. The molecule has 5 heteroatoms. The van der Waals surface area contributed by atoms with Crippen LogP contribution in [-0.2, 0) is 13.1 Å². The number of aliphatic imine (C=N–C) groups is 1. The Labute approximate surface area is 167 Å². The molecule has 0 aromatic heterocycles. The summed E-state index contributed by atoms with van der Waals surface area (Å²) in [7, 11) is 0. The fraction of sp³-hybridized carbons (Fsp3) is 0.350. The molecule has 2 aromatic carbocycles. The Bertz CT molecular complexity index is 674. The van der Waals surface area contributed by atoms with Crippen LogP contribution in [0.5, 0.6) is 0 Å². The molecule has 25 heavy (non-hydrogen) atoms. The van der Waals surface area contributed by atoms with Gasteiger partial charge in [0.2, 0.25) is 0 Å². The number of hydrogen-bond acceptors (Lipinski definition) is 2. The monoisotopic (exact) mass is 450 g/mol. The number of nitrogens with zero attached hydrogens (tertiary/aromatic N) is 2. The van der Waals surface area contributed by atoms with Crippen molar-refractivity contribution in [2.24, 2.45) is 10.7 Å². The number of nitrogens with one attached hydrogen (secondary N) is 1. The van der Waals surface area contributed by atoms with Gasteiger partial charge in [-0.1, -0.05) is 42.0 Å². The van der Waals surface area contributed by atoms with Gasteiger partial charge < -0.3 is 11.1 Å². The van der Waals surface area contributed by atoms with Crippen molar-refractivity contribution in [3.8, 4) is 0 Å². The number of anilines is 1. The largest absolute Gasteiger partial charge is 0.370 e. The van der Waals surface area contributed by atoms with E-state index in [1.165, 1.54) is 42.6 Å². The molecule has 1 aliphatic heterocycles. The average Bonchev–Trinajstić information content (AvgIpc) is 3.09. The molecule has 1 saturated heterocycles. The van der Waals surface area contributed by atoms with Crippen molar-refractivity contribution in [3.63, 3.8) is 0 Å². The van der Waals surface area contributed by atoms with E-state index in [0.717, 1.165) is 12.2 Å². The van der Waals surface area contributed by atoms with Gasteiger partial charge in [0, 0.05) is 12.2 Å². The van der Waals surface area contributed by atoms with E-state index in [2.05, 4.69) is 58.5 Å². The lowest BCUT2D eigenvalue weighted by molar-refractivity contribution is 0.331. The first-order valence-electron chi connectivity index (χ1n) is 8.63. The zero-order chi connectivity index (χ0) is 16.8. The van der Waals surface area contributed by atoms with Gasteiger partial charge in [0.25, 0.3) is 0 Å². The highest BCUT2D eigenvalue weighted by Gasteiger charge is 2.11. The lowest BCUT2D eigenvalue weighted by atomic mass is 10.1. The summed E-state index contributed by atoms with van der Waals surface area (Å²) in [5.41, 5.74) is 10.7. The Kier molecular flexibility index (Phi) is 7.71. The Morgan fingerprint density at radius 2 is 1.60 bits per heavy atom. The van der Waals surface area contributed by atoms with Crippen LogP contribution in [0.15, 0.2) is 53.5 Å². The van der Waals surface area contributed by atoms with Gasteiger partial charge in [0.05, 0.1) is 6.54 Å². The number of aryl methyl sites for hydroxylation is 1. The first kappa shape index (κ1) is 19.7. The third-order valence-electron chi connectivity index (χ3n) is 4.38. The van der Waals surface area contributed by atoms with E-state index in [0.29, 0.717) is 12.5 Å². The number of rotatable bonds is 5. The second kappa shape index (κ2) is 9.77. The number of benzene rings is 2. The Hall–Kier alpha value is -1.60. The number of nitrogens with two attached hydrogens (primary N) is 1. The third kappa shape index (κ3) is 6.32. The summed E-state index contributed by atoms with van der Waals surface area (Å²) in [5, 5.41) is 3.12. The second-order valence-electron chi connectivity index (χ2n) is 6.49. The first-order valence-corrected chi connectivity index (χ1v) is 8.63. The third-order valence-corrected chi connectivity index (χ3v) is 4.38. The lowest BCUT2D eigenvalue weighted by Crippen LogP contribution is -2.22. The van der Waals surface area contributed by atoms with E-state index in [9.17, 15) is 0 Å². The minimum Gasteiger partial charge on any atom is -0.370 e. The van der Waals surface area contributed by atoms with E-state index in [1.54, 1.807) is 0 Å². The van der Waals surface area contributed by atoms with Crippen LogP contribution in [0.25, 0.3) is 0 Å². The van der Waals surface area contributed by atoms with E-state index in [1.807, 2.05) is 12.1 Å². The maximum atomic E-state index is 5.96. The molecule has 0 amide bonds. The van der Waals surface area contributed by atoms with Gasteiger partial charge >= 0.3 is 0 Å². The molecule has 0 atom stereocenters. The molecule has 1 heterocycles. The summed E-state index contributed by atoms with van der Waals surface area (Å²) in [6.45, 7) is 6.17. The first-order chi connectivity index (χ1) is 11.7. The van der Waals surface area contributed by atoms with Crippen molar-refractivity contribution >= 4 is 35.6 Å². The van der Waals surface area contributed by atoms with Gasteiger partial charge in [0.15, 0.2) is 5.96 Å². The van der Waals surface area contributed by atoms with E-state index in [4.69, 9.17) is 5.73 Å². The van der Waals surface area contributed by atoms with Crippen molar-refractivity contribution < 1.29 is 0 Å². The molecular formula is C20H27IN4. The van der Waals surface area contributed by atoms with Gasteiger partial charge in [-0.2, -0.15) is 0 Å². The van der Waals surface area contributed by atoms with Gasteiger partial charge in [-0.15, -0.1) is 24.0 Å². The highest BCUT2D eigenvalue weighted by Crippen LogP contribution is 2.14. The van der Waals surface area contributed by atoms with E-state index in [-0.39, 0.29) is 24.0 Å². The van der Waals surface area contributed by atoms with Crippen molar-refractivity contribution in [2.75, 3.05) is 18.4 Å². The van der Waals surface area contributed by atoms with Crippen molar-refractivity contribution in [1.29, 1.82) is 0 Å². The molecule has 0 saturated carbocycles. The number of halogens is 1. The van der Waals surface area contributed by atoms with Crippen LogP contribution in [0.3, 0.4) is 0 Å². The molecule has 0 radical (unpaired) electrons. The minimum absolute atomic E-state index is 0. The van der Waals surface area contributed by atoms with Crippen LogP contribution in [0.1, 0.15) is 29.5 Å². The number of guanidine groups is 1. The van der Waals surface area contributed by atoms with Crippen molar-refractivity contribution in [2.45, 2.75) is 32.9 Å². The van der Waals surface area contributed by atoms with Gasteiger partial charge in [0.1, 0.15) is 0 Å². The summed E-state index contributed by atoms with van der Waals surface area (Å²) < 4.78 is 0. The summed E-state index contributed by atoms with van der Waals surface area (Å²) in [6, 6.07) is 16.8. The maximum Gasteiger partial charge on any atom is 0.193 e. The van der Waals surface area contributed by atoms with Gasteiger partial charge in [-0.25, -0.2) is 4.99 Å². The van der Waals surface area contributed by atoms with Crippen LogP contribution in [-0.4, -0.2) is 23.9 Å². The highest BCUT2D eigenvalue weighted by molar-refractivity contribution is 14.0. The summed E-state index contributed by atoms with van der Waals surface area (Å²) in [6.07, 6.45) is 2.67. The molecule has 0 bridgehead atoms. The smallest absolute Gasteiger partial charge is 0.193 e. The molecule has 3 N–H and O–H groups in total. The zero-order valence-electron chi connectivity index (χ0n) is 14.7. The van der Waals surface area contributed by atoms with Crippen LogP contribution in [0.4, 0.5) is 5.69 Å². The molecule has 0 spiro atoms. The van der Waals surface area contributed by atoms with Crippen molar-refractivity contribution in [3.05, 3.63) is 65.2 Å². The number of likely N-dealkylation sites (tertiary alicyclic amines) is 1. The van der Waals surface area contributed by atoms with Crippen molar-refractivity contribution in [1.82, 2.24) is 4.90 Å². The average molecular weight is 450 g/mol. The topological polar surface area (TPSA) is 53.6 Å². The summed E-state index contributed by atoms with van der Waals surface area (Å²) in [4.78, 5) is 6.93. The quantitative estimate of drug-likeness (QED) is 0.409.